The molecule has 0 spiro atoms. The molecule has 2 rings (SSSR count). The fourth-order valence-electron chi connectivity index (χ4n) is 1.44. The van der Waals surface area contributed by atoms with Gasteiger partial charge in [0.1, 0.15) is 11.6 Å². The highest BCUT2D eigenvalue weighted by molar-refractivity contribution is 9.10. The zero-order chi connectivity index (χ0) is 13.1. The van der Waals surface area contributed by atoms with Crippen molar-refractivity contribution < 1.29 is 13.5 Å². The van der Waals surface area contributed by atoms with Gasteiger partial charge in [0.15, 0.2) is 11.6 Å². The maximum Gasteiger partial charge on any atom is 0.166 e. The monoisotopic (exact) mass is 332 g/mol. The highest BCUT2D eigenvalue weighted by atomic mass is 79.9. The lowest BCUT2D eigenvalue weighted by Crippen LogP contribution is -1.91. The van der Waals surface area contributed by atoms with Gasteiger partial charge in [0.2, 0.25) is 0 Å². The van der Waals surface area contributed by atoms with Crippen molar-refractivity contribution in [3.63, 3.8) is 0 Å². The van der Waals surface area contributed by atoms with E-state index in [1.165, 1.54) is 24.3 Å². The Morgan fingerprint density at radius 2 is 1.89 bits per heavy atom. The van der Waals surface area contributed by atoms with Gasteiger partial charge in [-0.25, -0.2) is 8.78 Å². The number of hydrogen-bond donors (Lipinski definition) is 0. The van der Waals surface area contributed by atoms with Gasteiger partial charge in [-0.1, -0.05) is 15.9 Å². The molecule has 5 heteroatoms. The minimum atomic E-state index is -0.527. The van der Waals surface area contributed by atoms with E-state index < -0.39 is 11.6 Å². The summed E-state index contributed by atoms with van der Waals surface area (Å²) in [5.41, 5.74) is 0.573. The van der Waals surface area contributed by atoms with Crippen molar-refractivity contribution in [3.8, 4) is 11.5 Å². The van der Waals surface area contributed by atoms with Gasteiger partial charge in [-0.15, -0.1) is 11.6 Å². The van der Waals surface area contributed by atoms with Crippen molar-refractivity contribution in [1.29, 1.82) is 0 Å². The third-order valence-corrected chi connectivity index (χ3v) is 3.01. The van der Waals surface area contributed by atoms with Crippen molar-refractivity contribution in [2.45, 2.75) is 5.88 Å². The van der Waals surface area contributed by atoms with Crippen LogP contribution in [0.4, 0.5) is 8.78 Å². The minimum Gasteiger partial charge on any atom is -0.454 e. The minimum absolute atomic E-state index is 0.0318. The molecule has 0 aromatic heterocycles. The highest BCUT2D eigenvalue weighted by Gasteiger charge is 2.07. The van der Waals surface area contributed by atoms with Crippen molar-refractivity contribution in [1.82, 2.24) is 0 Å². The molecule has 0 saturated heterocycles. The predicted octanol–water partition coefficient (Wildman–Crippen LogP) is 5.26. The second-order valence-electron chi connectivity index (χ2n) is 3.61. The van der Waals surface area contributed by atoms with Crippen molar-refractivity contribution in [3.05, 3.63) is 58.1 Å². The molecule has 0 aliphatic heterocycles. The van der Waals surface area contributed by atoms with Gasteiger partial charge in [-0.3, -0.25) is 0 Å². The van der Waals surface area contributed by atoms with Gasteiger partial charge in [-0.2, -0.15) is 0 Å². The van der Waals surface area contributed by atoms with Gasteiger partial charge in [0.05, 0.1) is 0 Å². The van der Waals surface area contributed by atoms with E-state index in [1.807, 2.05) is 0 Å². The van der Waals surface area contributed by atoms with Crippen LogP contribution in [0.3, 0.4) is 0 Å². The van der Waals surface area contributed by atoms with Crippen LogP contribution in [-0.2, 0) is 5.88 Å². The molecule has 0 atom stereocenters. The van der Waals surface area contributed by atoms with Crippen molar-refractivity contribution >= 4 is 27.5 Å². The third kappa shape index (κ3) is 3.21. The normalized spacial score (nSPS) is 10.4. The molecule has 2 aromatic rings. The van der Waals surface area contributed by atoms with E-state index in [0.717, 1.165) is 0 Å². The summed E-state index contributed by atoms with van der Waals surface area (Å²) in [6, 6.07) is 8.43. The van der Waals surface area contributed by atoms with Crippen LogP contribution in [0.5, 0.6) is 11.5 Å². The van der Waals surface area contributed by atoms with E-state index in [2.05, 4.69) is 15.9 Å². The molecule has 94 valence electrons. The van der Waals surface area contributed by atoms with Crippen LogP contribution in [0.2, 0.25) is 0 Å². The summed E-state index contributed by atoms with van der Waals surface area (Å²) in [5.74, 6) is -0.588. The van der Waals surface area contributed by atoms with Crippen LogP contribution in [-0.4, -0.2) is 0 Å². The summed E-state index contributed by atoms with van der Waals surface area (Å²) < 4.78 is 32.7. The Hall–Kier alpha value is -1.13. The molecular formula is C13H8BrClF2O. The standard InChI is InChI=1S/C13H8BrClF2O/c14-9-1-2-13(12(17)5-9)18-11-4-8(7-15)3-10(16)6-11/h1-6H,7H2. The van der Waals surface area contributed by atoms with Gasteiger partial charge in [-0.05, 0) is 35.9 Å². The molecule has 1 nitrogen and oxygen atoms in total. The Morgan fingerprint density at radius 3 is 2.56 bits per heavy atom. The number of benzene rings is 2. The Balaban J connectivity index is 2.30. The molecule has 18 heavy (non-hydrogen) atoms. The van der Waals surface area contributed by atoms with Gasteiger partial charge in [0, 0.05) is 16.4 Å². The zero-order valence-electron chi connectivity index (χ0n) is 9.09. The topological polar surface area (TPSA) is 9.23 Å². The molecule has 0 heterocycles. The second-order valence-corrected chi connectivity index (χ2v) is 4.79. The van der Waals surface area contributed by atoms with E-state index in [-0.39, 0.29) is 17.4 Å². The number of alkyl halides is 1. The van der Waals surface area contributed by atoms with Crippen LogP contribution in [0, 0.1) is 11.6 Å². The first-order chi connectivity index (χ1) is 8.58. The van der Waals surface area contributed by atoms with E-state index in [4.69, 9.17) is 16.3 Å². The first kappa shape index (κ1) is 13.3. The molecule has 0 amide bonds. The molecule has 0 radical (unpaired) electrons. The van der Waals surface area contributed by atoms with E-state index in [0.29, 0.717) is 10.0 Å². The summed E-state index contributed by atoms with van der Waals surface area (Å²) in [6.07, 6.45) is 0. The van der Waals surface area contributed by atoms with E-state index in [1.54, 1.807) is 12.1 Å². The Labute approximate surface area is 116 Å². The maximum absolute atomic E-state index is 13.5. The molecule has 2 aromatic carbocycles. The highest BCUT2D eigenvalue weighted by Crippen LogP contribution is 2.28. The number of ether oxygens (including phenoxy) is 1. The quantitative estimate of drug-likeness (QED) is 0.696. The van der Waals surface area contributed by atoms with Gasteiger partial charge in [0.25, 0.3) is 0 Å². The summed E-state index contributed by atoms with van der Waals surface area (Å²) >= 11 is 8.77. The van der Waals surface area contributed by atoms with Crippen molar-refractivity contribution in [2.75, 3.05) is 0 Å². The van der Waals surface area contributed by atoms with Gasteiger partial charge < -0.3 is 4.74 Å². The maximum atomic E-state index is 13.5. The molecule has 0 fully saturated rings. The molecule has 0 N–H and O–H groups in total. The lowest BCUT2D eigenvalue weighted by atomic mass is 10.2. The Bertz CT molecular complexity index is 575. The smallest absolute Gasteiger partial charge is 0.166 e. The SMILES string of the molecule is Fc1cc(CCl)cc(Oc2ccc(Br)cc2F)c1. The average Bonchev–Trinajstić information content (AvgIpc) is 2.32. The number of halogens is 4. The molecule has 0 saturated carbocycles. The Morgan fingerprint density at radius 1 is 1.11 bits per heavy atom. The first-order valence-electron chi connectivity index (χ1n) is 5.07. The summed E-state index contributed by atoms with van der Waals surface area (Å²) in [6.45, 7) is 0. The number of rotatable bonds is 3. The predicted molar refractivity (Wildman–Crippen MR) is 70.1 cm³/mol. The average molecular weight is 334 g/mol. The van der Waals surface area contributed by atoms with Crippen LogP contribution >= 0.6 is 27.5 Å². The van der Waals surface area contributed by atoms with Gasteiger partial charge >= 0.3 is 0 Å². The third-order valence-electron chi connectivity index (χ3n) is 2.21. The van der Waals surface area contributed by atoms with Crippen LogP contribution in [0.15, 0.2) is 40.9 Å². The largest absolute Gasteiger partial charge is 0.454 e. The van der Waals surface area contributed by atoms with Crippen molar-refractivity contribution in [2.24, 2.45) is 0 Å². The first-order valence-corrected chi connectivity index (χ1v) is 6.39. The molecule has 0 unspecified atom stereocenters. The van der Waals surface area contributed by atoms with Crippen LogP contribution in [0.25, 0.3) is 0 Å². The second kappa shape index (κ2) is 5.67. The molecule has 0 aliphatic carbocycles. The molecule has 0 aliphatic rings. The lowest BCUT2D eigenvalue weighted by Gasteiger charge is -2.08. The zero-order valence-corrected chi connectivity index (χ0v) is 11.4. The van der Waals surface area contributed by atoms with E-state index in [9.17, 15) is 8.78 Å². The summed E-state index contributed by atoms with van der Waals surface area (Å²) in [4.78, 5) is 0. The number of hydrogen-bond acceptors (Lipinski definition) is 1. The molecule has 0 bridgehead atoms. The van der Waals surface area contributed by atoms with Crippen LogP contribution in [0.1, 0.15) is 5.56 Å². The Kier molecular flexibility index (Phi) is 4.19. The van der Waals surface area contributed by atoms with Crippen LogP contribution < -0.4 is 4.74 Å². The summed E-state index contributed by atoms with van der Waals surface area (Å²) in [7, 11) is 0. The fourth-order valence-corrected chi connectivity index (χ4v) is 1.93. The molecular weight excluding hydrogens is 325 g/mol. The lowest BCUT2D eigenvalue weighted by molar-refractivity contribution is 0.438. The van der Waals surface area contributed by atoms with E-state index >= 15 is 0 Å². The summed E-state index contributed by atoms with van der Waals surface area (Å²) in [5, 5.41) is 0. The fraction of sp³-hybridized carbons (Fsp3) is 0.0769.